The highest BCUT2D eigenvalue weighted by Crippen LogP contribution is 2.18. The van der Waals surface area contributed by atoms with E-state index in [-0.39, 0.29) is 31.1 Å². The summed E-state index contributed by atoms with van der Waals surface area (Å²) in [6.45, 7) is 13.7. The third-order valence-corrected chi connectivity index (χ3v) is 11.6. The Balaban J connectivity index is 4.33. The van der Waals surface area contributed by atoms with Gasteiger partial charge in [-0.2, -0.15) is 0 Å². The molecule has 0 spiro atoms. The van der Waals surface area contributed by atoms with Gasteiger partial charge in [0.1, 0.15) is 13.2 Å². The number of esters is 3. The first-order valence-electron chi connectivity index (χ1n) is 24.2. The molecule has 0 aliphatic heterocycles. The fourth-order valence-corrected chi connectivity index (χ4v) is 7.17. The molecular weight excluding hydrogens is 685 g/mol. The second kappa shape index (κ2) is 40.6. The highest BCUT2D eigenvalue weighted by molar-refractivity contribution is 5.71. The van der Waals surface area contributed by atoms with E-state index >= 15 is 0 Å². The Morgan fingerprint density at radius 3 is 0.945 bits per heavy atom. The van der Waals surface area contributed by atoms with E-state index in [1.165, 1.54) is 141 Å². The van der Waals surface area contributed by atoms with E-state index in [2.05, 4.69) is 41.5 Å². The molecule has 0 saturated carbocycles. The van der Waals surface area contributed by atoms with Crippen molar-refractivity contribution < 1.29 is 28.6 Å². The Kier molecular flexibility index (Phi) is 39.4. The third kappa shape index (κ3) is 40.4. The summed E-state index contributed by atoms with van der Waals surface area (Å²) in [5.74, 6) is 1.63. The van der Waals surface area contributed by atoms with Gasteiger partial charge in [0.15, 0.2) is 6.10 Å². The second-order valence-electron chi connectivity index (χ2n) is 17.7. The summed E-state index contributed by atoms with van der Waals surface area (Å²) in [6.07, 6.45) is 38.0. The fraction of sp³-hybridized carbons (Fsp3) is 0.939. The molecule has 0 aromatic rings. The molecule has 0 aliphatic rings. The third-order valence-electron chi connectivity index (χ3n) is 11.6. The summed E-state index contributed by atoms with van der Waals surface area (Å²) in [7, 11) is 0. The van der Waals surface area contributed by atoms with Crippen molar-refractivity contribution >= 4 is 17.9 Å². The SMILES string of the molecule is CCC(C)CCCCCCCCCCC(=O)O[C@@H](COC(=O)CCCCCCCCCCCCCCC(C)C)COC(=O)CCCCCCCCC(C)CC. The molecule has 0 N–H and O–H groups in total. The van der Waals surface area contributed by atoms with Crippen LogP contribution in [0.15, 0.2) is 0 Å². The number of carbonyl (C=O) groups excluding carboxylic acids is 3. The molecule has 55 heavy (non-hydrogen) atoms. The maximum absolute atomic E-state index is 12.7. The molecule has 0 bridgehead atoms. The van der Waals surface area contributed by atoms with Crippen molar-refractivity contribution in [2.75, 3.05) is 13.2 Å². The van der Waals surface area contributed by atoms with Gasteiger partial charge in [0.25, 0.3) is 0 Å². The first-order chi connectivity index (χ1) is 26.7. The quantitative estimate of drug-likeness (QED) is 0.0349. The normalized spacial score (nSPS) is 13.1. The second-order valence-corrected chi connectivity index (χ2v) is 17.7. The summed E-state index contributed by atoms with van der Waals surface area (Å²) in [6, 6.07) is 0. The average molecular weight is 779 g/mol. The first-order valence-corrected chi connectivity index (χ1v) is 24.2. The van der Waals surface area contributed by atoms with Crippen LogP contribution in [0.2, 0.25) is 0 Å². The fourth-order valence-electron chi connectivity index (χ4n) is 7.17. The molecule has 0 fully saturated rings. The molecule has 0 aromatic carbocycles. The van der Waals surface area contributed by atoms with E-state index in [1.807, 2.05) is 0 Å². The van der Waals surface area contributed by atoms with Crippen LogP contribution < -0.4 is 0 Å². The van der Waals surface area contributed by atoms with Crippen LogP contribution in [0.4, 0.5) is 0 Å². The largest absolute Gasteiger partial charge is 0.462 e. The zero-order valence-corrected chi connectivity index (χ0v) is 37.7. The van der Waals surface area contributed by atoms with E-state index in [9.17, 15) is 14.4 Å². The number of carbonyl (C=O) groups is 3. The van der Waals surface area contributed by atoms with Crippen LogP contribution in [0, 0.1) is 17.8 Å². The molecule has 0 saturated heterocycles. The van der Waals surface area contributed by atoms with Gasteiger partial charge in [0.2, 0.25) is 0 Å². The molecular formula is C49H94O6. The smallest absolute Gasteiger partial charge is 0.306 e. The molecule has 326 valence electrons. The standard InChI is InChI=1S/C49H94O6/c1-7-44(5)36-30-24-18-15-16-20-28-34-40-49(52)55-46(42-54-48(51)39-33-27-22-21-25-31-37-45(6)8-2)41-53-47(50)38-32-26-19-14-12-10-9-11-13-17-23-29-35-43(3)4/h43-46H,7-42H2,1-6H3/t44?,45?,46-/m0/s1. The molecule has 0 radical (unpaired) electrons. The molecule has 6 heteroatoms. The van der Waals surface area contributed by atoms with Gasteiger partial charge >= 0.3 is 17.9 Å². The molecule has 6 nitrogen and oxygen atoms in total. The minimum absolute atomic E-state index is 0.0662. The van der Waals surface area contributed by atoms with Crippen molar-refractivity contribution in [3.8, 4) is 0 Å². The van der Waals surface area contributed by atoms with Crippen molar-refractivity contribution in [2.45, 2.75) is 266 Å². The molecule has 0 rings (SSSR count). The Hall–Kier alpha value is -1.59. The van der Waals surface area contributed by atoms with Gasteiger partial charge in [-0.3, -0.25) is 14.4 Å². The minimum Gasteiger partial charge on any atom is -0.462 e. The highest BCUT2D eigenvalue weighted by Gasteiger charge is 2.19. The Labute approximate surface area is 342 Å². The topological polar surface area (TPSA) is 78.9 Å². The summed E-state index contributed by atoms with van der Waals surface area (Å²) in [5.41, 5.74) is 0. The van der Waals surface area contributed by atoms with E-state index in [0.717, 1.165) is 75.5 Å². The van der Waals surface area contributed by atoms with Gasteiger partial charge in [-0.1, -0.05) is 221 Å². The van der Waals surface area contributed by atoms with Crippen LogP contribution in [-0.2, 0) is 28.6 Å². The van der Waals surface area contributed by atoms with Gasteiger partial charge in [-0.15, -0.1) is 0 Å². The Morgan fingerprint density at radius 2 is 0.636 bits per heavy atom. The Morgan fingerprint density at radius 1 is 0.364 bits per heavy atom. The van der Waals surface area contributed by atoms with E-state index in [0.29, 0.717) is 19.3 Å². The maximum atomic E-state index is 12.7. The zero-order valence-electron chi connectivity index (χ0n) is 37.7. The van der Waals surface area contributed by atoms with E-state index in [1.54, 1.807) is 0 Å². The minimum atomic E-state index is -0.763. The van der Waals surface area contributed by atoms with Gasteiger partial charge in [-0.05, 0) is 37.0 Å². The molecule has 0 amide bonds. The number of ether oxygens (including phenoxy) is 3. The van der Waals surface area contributed by atoms with Crippen LogP contribution >= 0.6 is 0 Å². The molecule has 0 aromatic heterocycles. The van der Waals surface area contributed by atoms with Crippen molar-refractivity contribution in [1.82, 2.24) is 0 Å². The van der Waals surface area contributed by atoms with Crippen molar-refractivity contribution in [3.05, 3.63) is 0 Å². The van der Waals surface area contributed by atoms with Crippen LogP contribution in [0.1, 0.15) is 260 Å². The lowest BCUT2D eigenvalue weighted by Crippen LogP contribution is -2.30. The van der Waals surface area contributed by atoms with E-state index < -0.39 is 6.10 Å². The average Bonchev–Trinajstić information content (AvgIpc) is 3.17. The summed E-state index contributed by atoms with van der Waals surface area (Å²) < 4.78 is 16.7. The lowest BCUT2D eigenvalue weighted by Gasteiger charge is -2.18. The number of hydrogen-bond donors (Lipinski definition) is 0. The summed E-state index contributed by atoms with van der Waals surface area (Å²) >= 11 is 0. The van der Waals surface area contributed by atoms with Gasteiger partial charge in [0, 0.05) is 19.3 Å². The number of unbranched alkanes of at least 4 members (excludes halogenated alkanes) is 23. The molecule has 3 atom stereocenters. The predicted molar refractivity (Wildman–Crippen MR) is 233 cm³/mol. The predicted octanol–water partition coefficient (Wildman–Crippen LogP) is 15.2. The van der Waals surface area contributed by atoms with Crippen molar-refractivity contribution in [3.63, 3.8) is 0 Å². The number of rotatable bonds is 42. The summed E-state index contributed by atoms with van der Waals surface area (Å²) in [4.78, 5) is 37.8. The Bertz CT molecular complexity index is 856. The molecule has 0 aliphatic carbocycles. The lowest BCUT2D eigenvalue weighted by molar-refractivity contribution is -0.167. The monoisotopic (exact) mass is 779 g/mol. The van der Waals surface area contributed by atoms with Crippen molar-refractivity contribution in [2.24, 2.45) is 17.8 Å². The number of hydrogen-bond acceptors (Lipinski definition) is 6. The van der Waals surface area contributed by atoms with Gasteiger partial charge < -0.3 is 14.2 Å². The van der Waals surface area contributed by atoms with Crippen molar-refractivity contribution in [1.29, 1.82) is 0 Å². The first kappa shape index (κ1) is 53.4. The van der Waals surface area contributed by atoms with Crippen LogP contribution in [0.5, 0.6) is 0 Å². The lowest BCUT2D eigenvalue weighted by atomic mass is 9.99. The summed E-state index contributed by atoms with van der Waals surface area (Å²) in [5, 5.41) is 0. The van der Waals surface area contributed by atoms with Crippen LogP contribution in [0.25, 0.3) is 0 Å². The van der Waals surface area contributed by atoms with Crippen LogP contribution in [-0.4, -0.2) is 37.2 Å². The highest BCUT2D eigenvalue weighted by atomic mass is 16.6. The molecule has 0 heterocycles. The van der Waals surface area contributed by atoms with Gasteiger partial charge in [0.05, 0.1) is 0 Å². The molecule has 2 unspecified atom stereocenters. The van der Waals surface area contributed by atoms with E-state index in [4.69, 9.17) is 14.2 Å². The van der Waals surface area contributed by atoms with Crippen LogP contribution in [0.3, 0.4) is 0 Å². The zero-order chi connectivity index (χ0) is 40.6. The van der Waals surface area contributed by atoms with Gasteiger partial charge in [-0.25, -0.2) is 0 Å². The maximum Gasteiger partial charge on any atom is 0.306 e.